The highest BCUT2D eigenvalue weighted by atomic mass is 35.5. The van der Waals surface area contributed by atoms with Crippen molar-refractivity contribution >= 4 is 23.4 Å². The highest BCUT2D eigenvalue weighted by Gasteiger charge is 2.33. The zero-order valence-electron chi connectivity index (χ0n) is 18.9. The number of carbonyl (C=O) groups is 2. The molecule has 0 fully saturated rings. The van der Waals surface area contributed by atoms with Crippen LogP contribution in [0.25, 0.3) is 0 Å². The summed E-state index contributed by atoms with van der Waals surface area (Å²) in [6, 6.07) is 20.6. The third kappa shape index (κ3) is 5.22. The first-order valence-electron chi connectivity index (χ1n) is 11.1. The van der Waals surface area contributed by atoms with Gasteiger partial charge in [-0.05, 0) is 55.8 Å². The van der Waals surface area contributed by atoms with Gasteiger partial charge in [0.2, 0.25) is 5.91 Å². The maximum Gasteiger partial charge on any atom is 0.261 e. The van der Waals surface area contributed by atoms with Crippen molar-refractivity contribution in [2.75, 3.05) is 19.7 Å². The molecule has 0 radical (unpaired) electrons. The van der Waals surface area contributed by atoms with Crippen LogP contribution >= 0.6 is 11.6 Å². The van der Waals surface area contributed by atoms with Crippen molar-refractivity contribution in [2.24, 2.45) is 0 Å². The summed E-state index contributed by atoms with van der Waals surface area (Å²) in [4.78, 5) is 29.9. The van der Waals surface area contributed by atoms with Gasteiger partial charge in [0, 0.05) is 36.0 Å². The minimum Gasteiger partial charge on any atom is -0.484 e. The van der Waals surface area contributed by atoms with Crippen LogP contribution in [0, 0.1) is 0 Å². The Morgan fingerprint density at radius 1 is 1.03 bits per heavy atom. The van der Waals surface area contributed by atoms with Gasteiger partial charge in [-0.1, -0.05) is 41.9 Å². The number of hydrogen-bond donors (Lipinski definition) is 0. The molecule has 4 rings (SSSR count). The number of ether oxygens (including phenoxy) is 1. The Bertz CT molecular complexity index is 1100. The van der Waals surface area contributed by atoms with Crippen LogP contribution in [0.3, 0.4) is 0 Å². The van der Waals surface area contributed by atoms with E-state index in [2.05, 4.69) is 10.6 Å². The second-order valence-corrected chi connectivity index (χ2v) is 8.82. The summed E-state index contributed by atoms with van der Waals surface area (Å²) in [6.07, 6.45) is 2.05. The van der Waals surface area contributed by atoms with Crippen LogP contribution in [0.2, 0.25) is 5.02 Å². The Morgan fingerprint density at radius 2 is 1.76 bits per heavy atom. The standard InChI is InChI=1S/C26H28ClN3O3/c1-19(2)30(25(32)18-33-22-12-10-21(27)11-13-22)17-24(31)29-16-15-28-14-6-9-23(28)26(29)20-7-4-3-5-8-20/h3-14,19,26H,15-18H2,1-2H3. The molecule has 0 spiro atoms. The molecule has 33 heavy (non-hydrogen) atoms. The number of benzene rings is 2. The predicted molar refractivity (Wildman–Crippen MR) is 128 cm³/mol. The first-order valence-corrected chi connectivity index (χ1v) is 11.5. The minimum atomic E-state index is -0.232. The Kier molecular flexibility index (Phi) is 7.04. The largest absolute Gasteiger partial charge is 0.484 e. The van der Waals surface area contributed by atoms with Crippen LogP contribution in [-0.2, 0) is 16.1 Å². The van der Waals surface area contributed by atoms with Gasteiger partial charge in [-0.2, -0.15) is 0 Å². The number of aromatic nitrogens is 1. The topological polar surface area (TPSA) is 54.8 Å². The lowest BCUT2D eigenvalue weighted by molar-refractivity contribution is -0.144. The van der Waals surface area contributed by atoms with Crippen LogP contribution in [0.1, 0.15) is 31.1 Å². The first-order chi connectivity index (χ1) is 15.9. The molecule has 3 aromatic rings. The highest BCUT2D eigenvalue weighted by molar-refractivity contribution is 6.30. The second kappa shape index (κ2) is 10.1. The average molecular weight is 466 g/mol. The number of amides is 2. The third-order valence-corrected chi connectivity index (χ3v) is 6.15. The van der Waals surface area contributed by atoms with E-state index < -0.39 is 0 Å². The van der Waals surface area contributed by atoms with Crippen molar-refractivity contribution in [2.45, 2.75) is 32.5 Å². The van der Waals surface area contributed by atoms with Crippen molar-refractivity contribution in [3.05, 3.63) is 89.2 Å². The third-order valence-electron chi connectivity index (χ3n) is 5.90. The number of fused-ring (bicyclic) bond motifs is 1. The summed E-state index contributed by atoms with van der Waals surface area (Å²) in [5.74, 6) is 0.249. The van der Waals surface area contributed by atoms with Gasteiger partial charge in [0.25, 0.3) is 5.91 Å². The summed E-state index contributed by atoms with van der Waals surface area (Å²) >= 11 is 5.90. The summed E-state index contributed by atoms with van der Waals surface area (Å²) in [6.45, 7) is 4.99. The maximum absolute atomic E-state index is 13.5. The molecule has 0 bridgehead atoms. The van der Waals surface area contributed by atoms with Crippen molar-refractivity contribution in [3.63, 3.8) is 0 Å². The summed E-state index contributed by atoms with van der Waals surface area (Å²) in [5, 5.41) is 0.601. The van der Waals surface area contributed by atoms with Crippen LogP contribution in [0.15, 0.2) is 72.9 Å². The molecule has 2 heterocycles. The number of nitrogens with zero attached hydrogens (tertiary/aromatic N) is 3. The fraction of sp³-hybridized carbons (Fsp3) is 0.308. The Balaban J connectivity index is 1.49. The Morgan fingerprint density at radius 3 is 2.45 bits per heavy atom. The molecule has 1 unspecified atom stereocenters. The number of hydrogen-bond acceptors (Lipinski definition) is 3. The van der Waals surface area contributed by atoms with E-state index in [1.165, 1.54) is 0 Å². The molecule has 1 aromatic heterocycles. The van der Waals surface area contributed by atoms with E-state index in [9.17, 15) is 9.59 Å². The van der Waals surface area contributed by atoms with Crippen LogP contribution in [0.5, 0.6) is 5.75 Å². The van der Waals surface area contributed by atoms with Crippen LogP contribution < -0.4 is 4.74 Å². The fourth-order valence-electron chi connectivity index (χ4n) is 4.19. The van der Waals surface area contributed by atoms with Gasteiger partial charge in [0.15, 0.2) is 6.61 Å². The number of carbonyl (C=O) groups excluding carboxylic acids is 2. The molecule has 1 aliphatic rings. The lowest BCUT2D eigenvalue weighted by atomic mass is 10.00. The highest BCUT2D eigenvalue weighted by Crippen LogP contribution is 2.32. The maximum atomic E-state index is 13.5. The smallest absolute Gasteiger partial charge is 0.261 e. The van der Waals surface area contributed by atoms with Crippen LogP contribution in [0.4, 0.5) is 0 Å². The molecular weight excluding hydrogens is 438 g/mol. The molecule has 2 aromatic carbocycles. The van der Waals surface area contributed by atoms with Gasteiger partial charge >= 0.3 is 0 Å². The van der Waals surface area contributed by atoms with Crippen molar-refractivity contribution in [3.8, 4) is 5.75 Å². The van der Waals surface area contributed by atoms with Gasteiger partial charge in [-0.25, -0.2) is 0 Å². The molecule has 172 valence electrons. The fourth-order valence-corrected chi connectivity index (χ4v) is 4.32. The van der Waals surface area contributed by atoms with Crippen LogP contribution in [-0.4, -0.2) is 51.9 Å². The lowest BCUT2D eigenvalue weighted by Gasteiger charge is -2.39. The zero-order valence-corrected chi connectivity index (χ0v) is 19.6. The summed E-state index contributed by atoms with van der Waals surface area (Å²) < 4.78 is 7.82. The van der Waals surface area contributed by atoms with Gasteiger partial charge in [-0.3, -0.25) is 9.59 Å². The molecule has 0 saturated carbocycles. The molecule has 1 aliphatic heterocycles. The normalized spacial score (nSPS) is 15.3. The predicted octanol–water partition coefficient (Wildman–Crippen LogP) is 4.39. The van der Waals surface area contributed by atoms with E-state index in [0.717, 1.165) is 17.8 Å². The van der Waals surface area contributed by atoms with Gasteiger partial charge in [0.05, 0.1) is 6.04 Å². The zero-order chi connectivity index (χ0) is 23.4. The summed E-state index contributed by atoms with van der Waals surface area (Å²) in [5.41, 5.74) is 2.13. The molecule has 0 saturated heterocycles. The van der Waals surface area contributed by atoms with E-state index in [1.54, 1.807) is 29.2 Å². The van der Waals surface area contributed by atoms with Crippen molar-refractivity contribution < 1.29 is 14.3 Å². The number of halogens is 1. The minimum absolute atomic E-state index is 0.00448. The van der Waals surface area contributed by atoms with Gasteiger partial charge in [0.1, 0.15) is 12.3 Å². The molecule has 2 amide bonds. The quantitative estimate of drug-likeness (QED) is 0.520. The van der Waals surface area contributed by atoms with E-state index in [4.69, 9.17) is 16.3 Å². The molecular formula is C26H28ClN3O3. The molecule has 1 atom stereocenters. The van der Waals surface area contributed by atoms with Gasteiger partial charge < -0.3 is 19.1 Å². The SMILES string of the molecule is CC(C)N(CC(=O)N1CCn2cccc2C1c1ccccc1)C(=O)COc1ccc(Cl)cc1. The van der Waals surface area contributed by atoms with Gasteiger partial charge in [-0.15, -0.1) is 0 Å². The molecule has 0 aliphatic carbocycles. The van der Waals surface area contributed by atoms with E-state index >= 15 is 0 Å². The molecule has 0 N–H and O–H groups in total. The first kappa shape index (κ1) is 22.9. The average Bonchev–Trinajstić information content (AvgIpc) is 3.30. The Labute approximate surface area is 199 Å². The van der Waals surface area contributed by atoms with Crippen molar-refractivity contribution in [1.82, 2.24) is 14.4 Å². The van der Waals surface area contributed by atoms with E-state index in [1.807, 2.05) is 61.3 Å². The van der Waals surface area contributed by atoms with Crippen molar-refractivity contribution in [1.29, 1.82) is 0 Å². The van der Waals surface area contributed by atoms with E-state index in [-0.39, 0.29) is 37.0 Å². The van der Waals surface area contributed by atoms with E-state index in [0.29, 0.717) is 17.3 Å². The Hall–Kier alpha value is -3.25. The second-order valence-electron chi connectivity index (χ2n) is 8.38. The number of rotatable bonds is 7. The lowest BCUT2D eigenvalue weighted by Crippen LogP contribution is -2.50. The molecule has 7 heteroatoms. The summed E-state index contributed by atoms with van der Waals surface area (Å²) in [7, 11) is 0. The molecule has 6 nitrogen and oxygen atoms in total. The monoisotopic (exact) mass is 465 g/mol.